The first-order chi connectivity index (χ1) is 16.7. The molecule has 0 aliphatic heterocycles. The van der Waals surface area contributed by atoms with Crippen LogP contribution in [0.5, 0.6) is 0 Å². The Labute approximate surface area is 225 Å². The van der Waals surface area contributed by atoms with Crippen LogP contribution in [0.1, 0.15) is 112 Å². The van der Waals surface area contributed by atoms with Crippen molar-refractivity contribution < 1.29 is 19.1 Å². The van der Waals surface area contributed by atoms with Gasteiger partial charge in [-0.15, -0.1) is 0 Å². The van der Waals surface area contributed by atoms with Crippen molar-refractivity contribution in [2.75, 3.05) is 0 Å². The summed E-state index contributed by atoms with van der Waals surface area (Å²) in [7, 11) is 0. The summed E-state index contributed by atoms with van der Waals surface area (Å²) in [5, 5.41) is 5.92. The summed E-state index contributed by atoms with van der Waals surface area (Å²) in [6.07, 6.45) is 0.376. The molecule has 7 heteroatoms. The maximum Gasteiger partial charge on any atom is 0.408 e. The lowest BCUT2D eigenvalue weighted by Gasteiger charge is -2.45. The third-order valence-corrected chi connectivity index (χ3v) is 6.40. The minimum Gasteiger partial charge on any atom is -0.444 e. The summed E-state index contributed by atoms with van der Waals surface area (Å²) in [5.74, 6) is -0.434. The second kappa shape index (κ2) is 12.3. The molecule has 1 aromatic rings. The van der Waals surface area contributed by atoms with Crippen molar-refractivity contribution in [1.82, 2.24) is 15.5 Å². The van der Waals surface area contributed by atoms with Crippen LogP contribution in [0.2, 0.25) is 0 Å². The van der Waals surface area contributed by atoms with E-state index in [0.717, 1.165) is 16.7 Å². The van der Waals surface area contributed by atoms with Crippen LogP contribution < -0.4 is 10.6 Å². The van der Waals surface area contributed by atoms with Crippen LogP contribution in [0.25, 0.3) is 0 Å². The second-order valence-corrected chi connectivity index (χ2v) is 13.1. The first-order valence-corrected chi connectivity index (χ1v) is 13.4. The van der Waals surface area contributed by atoms with Crippen LogP contribution in [-0.2, 0) is 14.3 Å². The van der Waals surface area contributed by atoms with Crippen LogP contribution in [0.4, 0.5) is 4.79 Å². The number of aryl methyl sites for hydroxylation is 1. The summed E-state index contributed by atoms with van der Waals surface area (Å²) in [6.45, 7) is 25.0. The quantitative estimate of drug-likeness (QED) is 0.407. The van der Waals surface area contributed by atoms with E-state index in [1.54, 1.807) is 25.7 Å². The summed E-state index contributed by atoms with van der Waals surface area (Å²) in [6, 6.07) is 4.11. The van der Waals surface area contributed by atoms with Gasteiger partial charge in [-0.25, -0.2) is 4.79 Å². The van der Waals surface area contributed by atoms with E-state index in [1.165, 1.54) is 0 Å². The number of nitrogens with one attached hydrogen (secondary N) is 2. The predicted molar refractivity (Wildman–Crippen MR) is 150 cm³/mol. The van der Waals surface area contributed by atoms with Gasteiger partial charge in [-0.3, -0.25) is 9.59 Å². The highest BCUT2D eigenvalue weighted by Crippen LogP contribution is 2.35. The van der Waals surface area contributed by atoms with Gasteiger partial charge in [-0.2, -0.15) is 0 Å². The van der Waals surface area contributed by atoms with E-state index >= 15 is 0 Å². The summed E-state index contributed by atoms with van der Waals surface area (Å²) in [4.78, 5) is 42.9. The average Bonchev–Trinajstić information content (AvgIpc) is 2.70. The Bertz CT molecular complexity index is 955. The van der Waals surface area contributed by atoms with E-state index in [2.05, 4.69) is 10.6 Å². The van der Waals surface area contributed by atoms with Crippen molar-refractivity contribution in [3.8, 4) is 0 Å². The Kier molecular flexibility index (Phi) is 10.8. The maximum atomic E-state index is 14.4. The molecule has 1 rings (SSSR count). The number of carbonyl (C=O) groups is 3. The molecule has 0 spiro atoms. The maximum absolute atomic E-state index is 14.4. The van der Waals surface area contributed by atoms with Crippen LogP contribution in [0.15, 0.2) is 18.2 Å². The average molecular weight is 518 g/mol. The van der Waals surface area contributed by atoms with Gasteiger partial charge in [0.2, 0.25) is 11.8 Å². The molecular weight excluding hydrogens is 466 g/mol. The molecule has 0 aliphatic rings. The van der Waals surface area contributed by atoms with Crippen molar-refractivity contribution in [3.05, 3.63) is 34.9 Å². The van der Waals surface area contributed by atoms with Gasteiger partial charge >= 0.3 is 6.09 Å². The van der Waals surface area contributed by atoms with Crippen LogP contribution in [0.3, 0.4) is 0 Å². The molecule has 0 heterocycles. The first kappa shape index (κ1) is 32.5. The van der Waals surface area contributed by atoms with Crippen molar-refractivity contribution >= 4 is 17.9 Å². The van der Waals surface area contributed by atoms with Gasteiger partial charge in [0.1, 0.15) is 17.7 Å². The number of ether oxygens (including phenoxy) is 1. The van der Waals surface area contributed by atoms with E-state index in [-0.39, 0.29) is 17.7 Å². The molecule has 2 unspecified atom stereocenters. The molecule has 37 heavy (non-hydrogen) atoms. The molecule has 0 fully saturated rings. The van der Waals surface area contributed by atoms with Gasteiger partial charge in [0, 0.05) is 11.1 Å². The fourth-order valence-corrected chi connectivity index (χ4v) is 4.16. The minimum atomic E-state index is -0.878. The number of nitrogens with zero attached hydrogens (tertiary/aromatic N) is 1. The molecular formula is C30H51N3O4. The lowest BCUT2D eigenvalue weighted by molar-refractivity contribution is -0.150. The number of benzene rings is 1. The number of carbonyl (C=O) groups excluding carboxylic acids is 3. The summed E-state index contributed by atoms with van der Waals surface area (Å²) >= 11 is 0. The van der Waals surface area contributed by atoms with Gasteiger partial charge in [0.15, 0.2) is 0 Å². The fourth-order valence-electron chi connectivity index (χ4n) is 4.16. The van der Waals surface area contributed by atoms with E-state index in [0.29, 0.717) is 12.8 Å². The lowest BCUT2D eigenvalue weighted by Crippen LogP contribution is -2.60. The summed E-state index contributed by atoms with van der Waals surface area (Å²) in [5.41, 5.74) is 0.894. The highest BCUT2D eigenvalue weighted by molar-refractivity contribution is 5.93. The van der Waals surface area contributed by atoms with Gasteiger partial charge < -0.3 is 20.3 Å². The standard InChI is InChI=1S/C30H51N3O4/c1-14-30(12,13)33(26(35)23(18-19(2)3)31-27(36)37-29(9,10)11)24(25(34)32-28(6,7)8)22-17-15-16-20(4)21(22)5/h15-17,19,23-24H,14,18H2,1-13H3,(H,31,36)(H,32,34). The first-order valence-electron chi connectivity index (χ1n) is 13.4. The zero-order valence-corrected chi connectivity index (χ0v) is 25.5. The Morgan fingerprint density at radius 3 is 2.00 bits per heavy atom. The van der Waals surface area contributed by atoms with Crippen LogP contribution in [-0.4, -0.2) is 45.5 Å². The Morgan fingerprint density at radius 1 is 0.973 bits per heavy atom. The lowest BCUT2D eigenvalue weighted by atomic mass is 9.88. The molecule has 1 aromatic carbocycles. The van der Waals surface area contributed by atoms with Crippen molar-refractivity contribution in [1.29, 1.82) is 0 Å². The normalized spacial score (nSPS) is 14.1. The Hall–Kier alpha value is -2.57. The van der Waals surface area contributed by atoms with Crippen LogP contribution >= 0.6 is 0 Å². The third kappa shape index (κ3) is 9.67. The minimum absolute atomic E-state index is 0.123. The molecule has 3 amide bonds. The van der Waals surface area contributed by atoms with Gasteiger partial charge in [-0.05, 0) is 105 Å². The predicted octanol–water partition coefficient (Wildman–Crippen LogP) is 6.22. The van der Waals surface area contributed by atoms with Gasteiger partial charge in [-0.1, -0.05) is 39.0 Å². The number of hydrogen-bond donors (Lipinski definition) is 2. The zero-order chi connectivity index (χ0) is 28.9. The number of rotatable bonds is 9. The van der Waals surface area contributed by atoms with E-state index in [9.17, 15) is 14.4 Å². The summed E-state index contributed by atoms with van der Waals surface area (Å²) < 4.78 is 5.48. The molecule has 0 bridgehead atoms. The van der Waals surface area contributed by atoms with Crippen molar-refractivity contribution in [3.63, 3.8) is 0 Å². The highest BCUT2D eigenvalue weighted by Gasteiger charge is 2.44. The van der Waals surface area contributed by atoms with E-state index in [1.807, 2.05) is 87.4 Å². The monoisotopic (exact) mass is 517 g/mol. The molecule has 0 radical (unpaired) electrons. The number of hydrogen-bond acceptors (Lipinski definition) is 4. The molecule has 7 nitrogen and oxygen atoms in total. The fraction of sp³-hybridized carbons (Fsp3) is 0.700. The number of alkyl carbamates (subject to hydrolysis) is 1. The topological polar surface area (TPSA) is 87.7 Å². The molecule has 0 aliphatic carbocycles. The number of amides is 3. The molecule has 2 N–H and O–H groups in total. The van der Waals surface area contributed by atoms with Crippen molar-refractivity contribution in [2.45, 2.75) is 132 Å². The highest BCUT2D eigenvalue weighted by atomic mass is 16.6. The van der Waals surface area contributed by atoms with E-state index < -0.39 is 34.9 Å². The van der Waals surface area contributed by atoms with Gasteiger partial charge in [0.25, 0.3) is 0 Å². The molecule has 0 aromatic heterocycles. The zero-order valence-electron chi connectivity index (χ0n) is 25.5. The molecule has 210 valence electrons. The van der Waals surface area contributed by atoms with Gasteiger partial charge in [0.05, 0.1) is 0 Å². The molecule has 0 saturated heterocycles. The largest absolute Gasteiger partial charge is 0.444 e. The SMILES string of the molecule is CCC(C)(C)N(C(=O)C(CC(C)C)NC(=O)OC(C)(C)C)C(C(=O)NC(C)(C)C)c1cccc(C)c1C. The van der Waals surface area contributed by atoms with E-state index in [4.69, 9.17) is 4.74 Å². The second-order valence-electron chi connectivity index (χ2n) is 13.1. The molecule has 2 atom stereocenters. The molecule has 0 saturated carbocycles. The third-order valence-electron chi connectivity index (χ3n) is 6.40. The smallest absolute Gasteiger partial charge is 0.408 e. The van der Waals surface area contributed by atoms with Crippen LogP contribution in [0, 0.1) is 19.8 Å². The van der Waals surface area contributed by atoms with Crippen molar-refractivity contribution in [2.24, 2.45) is 5.92 Å². The Morgan fingerprint density at radius 2 is 1.54 bits per heavy atom. The Balaban J connectivity index is 3.77.